The summed E-state index contributed by atoms with van der Waals surface area (Å²) in [6.07, 6.45) is 9.63. The SMILES string of the molecule is Cn1nccc1C(=O)OCC(=O)NC1CCCCCCC1. The lowest BCUT2D eigenvalue weighted by atomic mass is 9.97. The molecule has 1 heterocycles. The van der Waals surface area contributed by atoms with Gasteiger partial charge in [-0.15, -0.1) is 0 Å². The molecule has 1 aliphatic carbocycles. The molecule has 1 fully saturated rings. The zero-order valence-corrected chi connectivity index (χ0v) is 12.5. The Kier molecular flexibility index (Phi) is 5.78. The minimum absolute atomic E-state index is 0.216. The Morgan fingerprint density at radius 3 is 2.57 bits per heavy atom. The number of nitrogens with one attached hydrogen (secondary N) is 1. The Hall–Kier alpha value is -1.85. The van der Waals surface area contributed by atoms with Crippen LogP contribution in [0, 0.1) is 0 Å². The highest BCUT2D eigenvalue weighted by Gasteiger charge is 2.17. The summed E-state index contributed by atoms with van der Waals surface area (Å²) >= 11 is 0. The Morgan fingerprint density at radius 1 is 1.29 bits per heavy atom. The lowest BCUT2D eigenvalue weighted by molar-refractivity contribution is -0.125. The Morgan fingerprint density at radius 2 is 1.95 bits per heavy atom. The molecule has 21 heavy (non-hydrogen) atoms. The van der Waals surface area contributed by atoms with Crippen molar-refractivity contribution in [2.45, 2.75) is 51.0 Å². The van der Waals surface area contributed by atoms with Crippen LogP contribution in [-0.2, 0) is 16.6 Å². The number of aryl methyl sites for hydroxylation is 1. The summed E-state index contributed by atoms with van der Waals surface area (Å²) < 4.78 is 6.44. The smallest absolute Gasteiger partial charge is 0.357 e. The second-order valence-corrected chi connectivity index (χ2v) is 5.53. The average Bonchev–Trinajstić information content (AvgIpc) is 2.85. The van der Waals surface area contributed by atoms with E-state index in [4.69, 9.17) is 4.74 Å². The summed E-state index contributed by atoms with van der Waals surface area (Å²) in [7, 11) is 1.66. The molecule has 0 saturated heterocycles. The number of carbonyl (C=O) groups excluding carboxylic acids is 2. The maximum Gasteiger partial charge on any atom is 0.357 e. The number of rotatable bonds is 4. The lowest BCUT2D eigenvalue weighted by Gasteiger charge is -2.20. The molecule has 1 aromatic rings. The third-order valence-corrected chi connectivity index (χ3v) is 3.83. The quantitative estimate of drug-likeness (QED) is 0.859. The minimum atomic E-state index is -0.525. The van der Waals surface area contributed by atoms with Crippen LogP contribution in [-0.4, -0.2) is 34.3 Å². The van der Waals surface area contributed by atoms with Gasteiger partial charge in [0, 0.05) is 19.3 Å². The molecular formula is C15H23N3O3. The molecule has 2 rings (SSSR count). The van der Waals surface area contributed by atoms with Crippen molar-refractivity contribution in [3.8, 4) is 0 Å². The van der Waals surface area contributed by atoms with Gasteiger partial charge in [0.15, 0.2) is 6.61 Å². The Labute approximate surface area is 124 Å². The molecule has 0 bridgehead atoms. The number of carbonyl (C=O) groups is 2. The van der Waals surface area contributed by atoms with Crippen molar-refractivity contribution in [3.63, 3.8) is 0 Å². The van der Waals surface area contributed by atoms with Crippen LogP contribution in [0.3, 0.4) is 0 Å². The van der Waals surface area contributed by atoms with E-state index in [-0.39, 0.29) is 18.6 Å². The van der Waals surface area contributed by atoms with Gasteiger partial charge in [-0.3, -0.25) is 9.48 Å². The van der Waals surface area contributed by atoms with Crippen molar-refractivity contribution in [3.05, 3.63) is 18.0 Å². The molecule has 1 amide bonds. The van der Waals surface area contributed by atoms with Crippen LogP contribution >= 0.6 is 0 Å². The number of nitrogens with zero attached hydrogens (tertiary/aromatic N) is 2. The zero-order valence-electron chi connectivity index (χ0n) is 12.5. The third-order valence-electron chi connectivity index (χ3n) is 3.83. The topological polar surface area (TPSA) is 73.2 Å². The van der Waals surface area contributed by atoms with E-state index in [0.29, 0.717) is 5.69 Å². The van der Waals surface area contributed by atoms with Crippen LogP contribution in [0.5, 0.6) is 0 Å². The predicted molar refractivity (Wildman–Crippen MR) is 77.7 cm³/mol. The molecule has 0 spiro atoms. The van der Waals surface area contributed by atoms with E-state index >= 15 is 0 Å². The molecule has 1 aliphatic rings. The van der Waals surface area contributed by atoms with E-state index in [1.807, 2.05) is 0 Å². The predicted octanol–water partition coefficient (Wildman–Crippen LogP) is 1.81. The summed E-state index contributed by atoms with van der Waals surface area (Å²) in [4.78, 5) is 23.6. The highest BCUT2D eigenvalue weighted by Crippen LogP contribution is 2.16. The standard InChI is InChI=1S/C15H23N3O3/c1-18-13(9-10-16-18)15(20)21-11-14(19)17-12-7-5-3-2-4-6-8-12/h9-10,12H,2-8,11H2,1H3,(H,17,19). The maximum atomic E-state index is 11.9. The first-order chi connectivity index (χ1) is 10.2. The van der Waals surface area contributed by atoms with E-state index in [9.17, 15) is 9.59 Å². The first-order valence-corrected chi connectivity index (χ1v) is 7.61. The summed E-state index contributed by atoms with van der Waals surface area (Å²) in [6.45, 7) is -0.236. The van der Waals surface area contributed by atoms with E-state index in [1.165, 1.54) is 30.1 Å². The van der Waals surface area contributed by atoms with Gasteiger partial charge < -0.3 is 10.1 Å². The summed E-state index contributed by atoms with van der Waals surface area (Å²) in [5.41, 5.74) is 0.341. The normalized spacial score (nSPS) is 16.8. The maximum absolute atomic E-state index is 11.9. The highest BCUT2D eigenvalue weighted by molar-refractivity contribution is 5.89. The largest absolute Gasteiger partial charge is 0.451 e. The van der Waals surface area contributed by atoms with Crippen LogP contribution in [0.4, 0.5) is 0 Å². The molecule has 1 N–H and O–H groups in total. The van der Waals surface area contributed by atoms with Crippen LogP contribution in [0.1, 0.15) is 55.4 Å². The number of hydrogen-bond acceptors (Lipinski definition) is 4. The number of esters is 1. The van der Waals surface area contributed by atoms with Crippen molar-refractivity contribution in [2.24, 2.45) is 7.05 Å². The third kappa shape index (κ3) is 4.88. The van der Waals surface area contributed by atoms with Crippen LogP contribution in [0.15, 0.2) is 12.3 Å². The second-order valence-electron chi connectivity index (χ2n) is 5.53. The first-order valence-electron chi connectivity index (χ1n) is 7.61. The molecule has 0 unspecified atom stereocenters. The fraction of sp³-hybridized carbons (Fsp3) is 0.667. The monoisotopic (exact) mass is 293 g/mol. The van der Waals surface area contributed by atoms with Crippen molar-refractivity contribution in [1.29, 1.82) is 0 Å². The van der Waals surface area contributed by atoms with Gasteiger partial charge in [-0.1, -0.05) is 32.1 Å². The van der Waals surface area contributed by atoms with Crippen molar-refractivity contribution in [2.75, 3.05) is 6.61 Å². The van der Waals surface area contributed by atoms with Crippen LogP contribution < -0.4 is 5.32 Å². The molecule has 0 aliphatic heterocycles. The zero-order chi connectivity index (χ0) is 15.1. The van der Waals surface area contributed by atoms with Gasteiger partial charge >= 0.3 is 5.97 Å². The molecule has 6 heteroatoms. The number of hydrogen-bond donors (Lipinski definition) is 1. The molecule has 116 valence electrons. The fourth-order valence-corrected chi connectivity index (χ4v) is 2.65. The fourth-order valence-electron chi connectivity index (χ4n) is 2.65. The van der Waals surface area contributed by atoms with E-state index in [2.05, 4.69) is 10.4 Å². The Balaban J connectivity index is 1.74. The molecule has 0 aromatic carbocycles. The van der Waals surface area contributed by atoms with Gasteiger partial charge in [0.2, 0.25) is 0 Å². The number of aromatic nitrogens is 2. The van der Waals surface area contributed by atoms with Gasteiger partial charge in [0.05, 0.1) is 0 Å². The molecule has 1 saturated carbocycles. The van der Waals surface area contributed by atoms with Gasteiger partial charge in [-0.05, 0) is 18.9 Å². The second kappa shape index (κ2) is 7.81. The van der Waals surface area contributed by atoms with Gasteiger partial charge in [-0.2, -0.15) is 5.10 Å². The average molecular weight is 293 g/mol. The minimum Gasteiger partial charge on any atom is -0.451 e. The number of ether oxygens (including phenoxy) is 1. The van der Waals surface area contributed by atoms with Gasteiger partial charge in [0.25, 0.3) is 5.91 Å². The van der Waals surface area contributed by atoms with Gasteiger partial charge in [0.1, 0.15) is 5.69 Å². The van der Waals surface area contributed by atoms with Crippen molar-refractivity contribution >= 4 is 11.9 Å². The van der Waals surface area contributed by atoms with E-state index < -0.39 is 5.97 Å². The summed E-state index contributed by atoms with van der Waals surface area (Å²) in [5, 5.41) is 6.86. The summed E-state index contributed by atoms with van der Waals surface area (Å²) in [6, 6.07) is 1.78. The van der Waals surface area contributed by atoms with E-state index in [0.717, 1.165) is 25.7 Å². The molecule has 0 atom stereocenters. The molecule has 0 radical (unpaired) electrons. The lowest BCUT2D eigenvalue weighted by Crippen LogP contribution is -2.38. The van der Waals surface area contributed by atoms with Crippen molar-refractivity contribution < 1.29 is 14.3 Å². The highest BCUT2D eigenvalue weighted by atomic mass is 16.5. The van der Waals surface area contributed by atoms with Gasteiger partial charge in [-0.25, -0.2) is 4.79 Å². The van der Waals surface area contributed by atoms with Crippen LogP contribution in [0.2, 0.25) is 0 Å². The molecule has 1 aromatic heterocycles. The molecule has 6 nitrogen and oxygen atoms in total. The first kappa shape index (κ1) is 15.5. The Bertz CT molecular complexity index is 476. The van der Waals surface area contributed by atoms with E-state index in [1.54, 1.807) is 13.1 Å². The van der Waals surface area contributed by atoms with Crippen LogP contribution in [0.25, 0.3) is 0 Å². The number of amides is 1. The molecular weight excluding hydrogens is 270 g/mol. The van der Waals surface area contributed by atoms with Crippen molar-refractivity contribution in [1.82, 2.24) is 15.1 Å². The summed E-state index contributed by atoms with van der Waals surface area (Å²) in [5.74, 6) is -0.751.